The van der Waals surface area contributed by atoms with Gasteiger partial charge in [-0.2, -0.15) is 0 Å². The molecule has 24 heavy (non-hydrogen) atoms. The number of hydrogen-bond acceptors (Lipinski definition) is 6. The minimum absolute atomic E-state index is 0.0391. The van der Waals surface area contributed by atoms with Crippen molar-refractivity contribution < 1.29 is 23.5 Å². The lowest BCUT2D eigenvalue weighted by molar-refractivity contribution is -0.163. The smallest absolute Gasteiger partial charge is 0.335 e. The predicted molar refractivity (Wildman–Crippen MR) is 95.3 cm³/mol. The standard InChI is InChI=1S/C17H33NO5Si/c1-8-21-15(19)14(16(20)22-9-2)18-11-10-13(12-18)23-24(6,7)17(3,4)5/h13-14H,8-12H2,1-7H3/t13-/m0/s1. The van der Waals surface area contributed by atoms with Gasteiger partial charge in [-0.15, -0.1) is 0 Å². The summed E-state index contributed by atoms with van der Waals surface area (Å²) in [5, 5.41) is 0.127. The molecule has 0 spiro atoms. The van der Waals surface area contributed by atoms with Crippen LogP contribution in [0.1, 0.15) is 41.0 Å². The second-order valence-corrected chi connectivity index (χ2v) is 12.4. The van der Waals surface area contributed by atoms with Crippen molar-refractivity contribution >= 4 is 20.3 Å². The van der Waals surface area contributed by atoms with Crippen molar-refractivity contribution in [2.75, 3.05) is 26.3 Å². The Morgan fingerprint density at radius 2 is 1.62 bits per heavy atom. The second-order valence-electron chi connectivity index (χ2n) is 7.69. The highest BCUT2D eigenvalue weighted by atomic mass is 28.4. The van der Waals surface area contributed by atoms with Crippen molar-refractivity contribution in [2.24, 2.45) is 0 Å². The first kappa shape index (κ1) is 21.1. The predicted octanol–water partition coefficient (Wildman–Crippen LogP) is 2.58. The first-order chi connectivity index (χ1) is 11.0. The Morgan fingerprint density at radius 3 is 2.04 bits per heavy atom. The Balaban J connectivity index is 2.79. The first-order valence-electron chi connectivity index (χ1n) is 8.78. The summed E-state index contributed by atoms with van der Waals surface area (Å²) in [5.41, 5.74) is 0. The molecule has 1 rings (SSSR count). The van der Waals surface area contributed by atoms with Crippen LogP contribution in [0.3, 0.4) is 0 Å². The number of carbonyl (C=O) groups excluding carboxylic acids is 2. The summed E-state index contributed by atoms with van der Waals surface area (Å²) in [6.07, 6.45) is 0.846. The Labute approximate surface area is 147 Å². The fourth-order valence-electron chi connectivity index (χ4n) is 2.51. The molecule has 0 unspecified atom stereocenters. The molecule has 1 saturated heterocycles. The molecule has 1 fully saturated rings. The molecule has 7 heteroatoms. The highest BCUT2D eigenvalue weighted by molar-refractivity contribution is 6.74. The van der Waals surface area contributed by atoms with E-state index in [2.05, 4.69) is 33.9 Å². The second kappa shape index (κ2) is 8.45. The zero-order valence-electron chi connectivity index (χ0n) is 16.2. The fourth-order valence-corrected chi connectivity index (χ4v) is 3.89. The number of hydrogen-bond donors (Lipinski definition) is 0. The van der Waals surface area contributed by atoms with Crippen molar-refractivity contribution in [3.05, 3.63) is 0 Å². The van der Waals surface area contributed by atoms with Crippen LogP contribution in [0.5, 0.6) is 0 Å². The maximum atomic E-state index is 12.2. The van der Waals surface area contributed by atoms with E-state index in [1.807, 2.05) is 4.90 Å². The van der Waals surface area contributed by atoms with Crippen LogP contribution in [0.4, 0.5) is 0 Å². The summed E-state index contributed by atoms with van der Waals surface area (Å²) in [7, 11) is -1.88. The van der Waals surface area contributed by atoms with E-state index >= 15 is 0 Å². The summed E-state index contributed by atoms with van der Waals surface area (Å²) in [6, 6.07) is -0.988. The SMILES string of the molecule is CCOC(=O)C(C(=O)OCC)N1CC[C@H](O[Si](C)(C)C(C)(C)C)C1. The molecule has 1 atom stereocenters. The minimum Gasteiger partial charge on any atom is -0.464 e. The van der Waals surface area contributed by atoms with Crippen molar-refractivity contribution in [3.8, 4) is 0 Å². The maximum Gasteiger partial charge on any atom is 0.335 e. The van der Waals surface area contributed by atoms with E-state index in [1.165, 1.54) is 0 Å². The average molecular weight is 360 g/mol. The molecule has 0 bridgehead atoms. The van der Waals surface area contributed by atoms with Crippen molar-refractivity contribution in [1.82, 2.24) is 4.90 Å². The lowest BCUT2D eigenvalue weighted by atomic mass is 10.2. The molecule has 0 aromatic heterocycles. The molecular weight excluding hydrogens is 326 g/mol. The molecule has 0 N–H and O–H groups in total. The minimum atomic E-state index is -1.88. The average Bonchev–Trinajstić information content (AvgIpc) is 2.85. The molecule has 0 saturated carbocycles. The topological polar surface area (TPSA) is 65.1 Å². The van der Waals surface area contributed by atoms with Crippen LogP contribution in [-0.2, 0) is 23.5 Å². The molecule has 0 aliphatic carbocycles. The third kappa shape index (κ3) is 5.29. The molecule has 6 nitrogen and oxygen atoms in total. The van der Waals surface area contributed by atoms with Gasteiger partial charge in [0.25, 0.3) is 0 Å². The van der Waals surface area contributed by atoms with Gasteiger partial charge in [0, 0.05) is 13.1 Å². The van der Waals surface area contributed by atoms with E-state index in [9.17, 15) is 9.59 Å². The molecule has 0 amide bonds. The Bertz CT molecular complexity index is 429. The van der Waals surface area contributed by atoms with E-state index in [0.29, 0.717) is 13.1 Å². The molecule has 1 heterocycles. The van der Waals surface area contributed by atoms with Gasteiger partial charge in [0.1, 0.15) is 0 Å². The Morgan fingerprint density at radius 1 is 1.12 bits per heavy atom. The van der Waals surface area contributed by atoms with Gasteiger partial charge in [0.15, 0.2) is 8.32 Å². The van der Waals surface area contributed by atoms with Crippen molar-refractivity contribution in [1.29, 1.82) is 0 Å². The van der Waals surface area contributed by atoms with Gasteiger partial charge in [0.2, 0.25) is 6.04 Å². The number of likely N-dealkylation sites (tertiary alicyclic amines) is 1. The van der Waals surface area contributed by atoms with Crippen molar-refractivity contribution in [3.63, 3.8) is 0 Å². The lowest BCUT2D eigenvalue weighted by Gasteiger charge is -2.38. The molecule has 1 aliphatic heterocycles. The van der Waals surface area contributed by atoms with Crippen LogP contribution in [0.25, 0.3) is 0 Å². The monoisotopic (exact) mass is 359 g/mol. The van der Waals surface area contributed by atoms with Gasteiger partial charge in [-0.3, -0.25) is 4.90 Å². The van der Waals surface area contributed by atoms with Gasteiger partial charge in [0.05, 0.1) is 19.3 Å². The lowest BCUT2D eigenvalue weighted by Crippen LogP contribution is -2.49. The fraction of sp³-hybridized carbons (Fsp3) is 0.882. The molecule has 0 aromatic carbocycles. The third-order valence-electron chi connectivity index (χ3n) is 4.83. The third-order valence-corrected chi connectivity index (χ3v) is 9.36. The highest BCUT2D eigenvalue weighted by Gasteiger charge is 2.44. The summed E-state index contributed by atoms with van der Waals surface area (Å²) < 4.78 is 16.5. The van der Waals surface area contributed by atoms with E-state index < -0.39 is 26.3 Å². The van der Waals surface area contributed by atoms with E-state index in [-0.39, 0.29) is 24.4 Å². The Kier molecular flexibility index (Phi) is 7.43. The molecule has 140 valence electrons. The van der Waals surface area contributed by atoms with Crippen LogP contribution in [-0.4, -0.2) is 63.6 Å². The van der Waals surface area contributed by atoms with Gasteiger partial charge in [-0.1, -0.05) is 20.8 Å². The summed E-state index contributed by atoms with van der Waals surface area (Å²) in [5.74, 6) is -1.08. The van der Waals surface area contributed by atoms with Crippen LogP contribution in [0.2, 0.25) is 18.1 Å². The first-order valence-corrected chi connectivity index (χ1v) is 11.7. The van der Waals surface area contributed by atoms with E-state index in [4.69, 9.17) is 13.9 Å². The highest BCUT2D eigenvalue weighted by Crippen LogP contribution is 2.38. The van der Waals surface area contributed by atoms with Gasteiger partial charge in [-0.25, -0.2) is 9.59 Å². The Hall–Kier alpha value is -0.923. The van der Waals surface area contributed by atoms with Crippen LogP contribution < -0.4 is 0 Å². The summed E-state index contributed by atoms with van der Waals surface area (Å²) in [4.78, 5) is 26.2. The van der Waals surface area contributed by atoms with E-state index in [0.717, 1.165) is 6.42 Å². The molecule has 1 aliphatic rings. The van der Waals surface area contributed by atoms with Crippen LogP contribution >= 0.6 is 0 Å². The van der Waals surface area contributed by atoms with Crippen LogP contribution in [0.15, 0.2) is 0 Å². The summed E-state index contributed by atoms with van der Waals surface area (Å²) >= 11 is 0. The number of nitrogens with zero attached hydrogens (tertiary/aromatic N) is 1. The zero-order chi connectivity index (χ0) is 18.5. The van der Waals surface area contributed by atoms with Gasteiger partial charge < -0.3 is 13.9 Å². The van der Waals surface area contributed by atoms with Gasteiger partial charge >= 0.3 is 11.9 Å². The molecule has 0 aromatic rings. The number of rotatable bonds is 7. The number of carbonyl (C=O) groups is 2. The molecular formula is C17H33NO5Si. The van der Waals surface area contributed by atoms with Crippen LogP contribution in [0, 0.1) is 0 Å². The number of esters is 2. The maximum absolute atomic E-state index is 12.2. The normalized spacial score (nSPS) is 19.6. The number of ether oxygens (including phenoxy) is 2. The van der Waals surface area contributed by atoms with E-state index in [1.54, 1.807) is 13.8 Å². The summed E-state index contributed by atoms with van der Waals surface area (Å²) in [6.45, 7) is 16.1. The van der Waals surface area contributed by atoms with Gasteiger partial charge in [-0.05, 0) is 38.4 Å². The van der Waals surface area contributed by atoms with Crippen molar-refractivity contribution in [2.45, 2.75) is 71.3 Å². The molecule has 0 radical (unpaired) electrons. The largest absolute Gasteiger partial charge is 0.464 e. The zero-order valence-corrected chi connectivity index (χ0v) is 17.2. The quantitative estimate of drug-likeness (QED) is 0.395.